The van der Waals surface area contributed by atoms with Crippen LogP contribution in [-0.4, -0.2) is 30.6 Å². The third kappa shape index (κ3) is 7.06. The number of ether oxygens (including phenoxy) is 3. The van der Waals surface area contributed by atoms with Gasteiger partial charge in [-0.15, -0.1) is 0 Å². The van der Waals surface area contributed by atoms with Crippen molar-refractivity contribution in [3.63, 3.8) is 0 Å². The van der Waals surface area contributed by atoms with Gasteiger partial charge in [0.15, 0.2) is 0 Å². The zero-order valence-corrected chi connectivity index (χ0v) is 16.7. The molecule has 1 fully saturated rings. The largest absolute Gasteiger partial charge is 0.508 e. The maximum atomic E-state index is 11.4. The fourth-order valence-corrected chi connectivity index (χ4v) is 3.52. The molecule has 0 amide bonds. The smallest absolute Gasteiger partial charge is 0.494 e. The Morgan fingerprint density at radius 1 is 1.07 bits per heavy atom. The Bertz CT molecular complexity index is 546. The van der Waals surface area contributed by atoms with Gasteiger partial charge in [-0.2, -0.15) is 0 Å². The van der Waals surface area contributed by atoms with E-state index in [9.17, 15) is 9.90 Å². The van der Waals surface area contributed by atoms with Crippen LogP contribution in [0.25, 0.3) is 0 Å². The number of aliphatic hydroxyl groups is 1. The van der Waals surface area contributed by atoms with Gasteiger partial charge >= 0.3 is 6.16 Å². The maximum absolute atomic E-state index is 11.4. The van der Waals surface area contributed by atoms with Crippen molar-refractivity contribution in [1.82, 2.24) is 0 Å². The Morgan fingerprint density at radius 3 is 2.37 bits per heavy atom. The minimum atomic E-state index is -0.868. The van der Waals surface area contributed by atoms with E-state index in [4.69, 9.17) is 14.2 Å². The van der Waals surface area contributed by atoms with Gasteiger partial charge in [0, 0.05) is 0 Å². The van der Waals surface area contributed by atoms with Gasteiger partial charge < -0.3 is 19.3 Å². The average Bonchev–Trinajstić information content (AvgIpc) is 2.67. The Balaban J connectivity index is 1.76. The summed E-state index contributed by atoms with van der Waals surface area (Å²) < 4.78 is 15.9. The van der Waals surface area contributed by atoms with E-state index in [0.29, 0.717) is 32.3 Å². The minimum absolute atomic E-state index is 0.181. The van der Waals surface area contributed by atoms with Gasteiger partial charge in [-0.1, -0.05) is 44.7 Å². The SMILES string of the molecule is CCCCCCCOc1ccc(C2(O)CCC(OC(=O)OCC)CC2)cc1. The van der Waals surface area contributed by atoms with Crippen molar-refractivity contribution in [3.05, 3.63) is 29.8 Å². The van der Waals surface area contributed by atoms with Crippen LogP contribution in [0, 0.1) is 0 Å². The van der Waals surface area contributed by atoms with E-state index in [1.54, 1.807) is 6.92 Å². The van der Waals surface area contributed by atoms with Crippen molar-refractivity contribution in [1.29, 1.82) is 0 Å². The topological polar surface area (TPSA) is 65.0 Å². The van der Waals surface area contributed by atoms with Crippen LogP contribution in [0.5, 0.6) is 5.75 Å². The van der Waals surface area contributed by atoms with Gasteiger partial charge in [0.2, 0.25) is 0 Å². The molecule has 0 aromatic heterocycles. The third-order valence-corrected chi connectivity index (χ3v) is 5.19. The third-order valence-electron chi connectivity index (χ3n) is 5.19. The zero-order chi connectivity index (χ0) is 19.5. The molecule has 1 aliphatic rings. The van der Waals surface area contributed by atoms with Crippen LogP contribution in [0.15, 0.2) is 24.3 Å². The molecule has 1 aromatic rings. The summed E-state index contributed by atoms with van der Waals surface area (Å²) >= 11 is 0. The summed E-state index contributed by atoms with van der Waals surface area (Å²) in [6, 6.07) is 7.75. The summed E-state index contributed by atoms with van der Waals surface area (Å²) in [6.45, 7) is 5.01. The van der Waals surface area contributed by atoms with Crippen molar-refractivity contribution in [3.8, 4) is 5.75 Å². The van der Waals surface area contributed by atoms with E-state index in [-0.39, 0.29) is 6.10 Å². The number of carbonyl (C=O) groups excluding carboxylic acids is 1. The summed E-state index contributed by atoms with van der Waals surface area (Å²) in [5.41, 5.74) is 0.0279. The van der Waals surface area contributed by atoms with E-state index in [2.05, 4.69) is 6.92 Å². The fraction of sp³-hybridized carbons (Fsp3) is 0.682. The lowest BCUT2D eigenvalue weighted by Crippen LogP contribution is -2.35. The molecule has 5 nitrogen and oxygen atoms in total. The molecule has 1 N–H and O–H groups in total. The van der Waals surface area contributed by atoms with Gasteiger partial charge in [-0.3, -0.25) is 0 Å². The van der Waals surface area contributed by atoms with Crippen LogP contribution >= 0.6 is 0 Å². The number of hydrogen-bond acceptors (Lipinski definition) is 5. The first-order chi connectivity index (χ1) is 13.1. The van der Waals surface area contributed by atoms with Crippen LogP contribution in [0.4, 0.5) is 4.79 Å². The Labute approximate surface area is 163 Å². The second kappa shape index (κ2) is 11.2. The first-order valence-corrected chi connectivity index (χ1v) is 10.4. The molecule has 0 aliphatic heterocycles. The second-order valence-electron chi connectivity index (χ2n) is 7.32. The molecule has 1 aliphatic carbocycles. The molecule has 0 atom stereocenters. The maximum Gasteiger partial charge on any atom is 0.508 e. The number of rotatable bonds is 10. The number of hydrogen-bond donors (Lipinski definition) is 1. The standard InChI is InChI=1S/C22H34O5/c1-3-5-6-7-8-17-26-19-11-9-18(10-12-19)22(24)15-13-20(14-16-22)27-21(23)25-4-2/h9-12,20,24H,3-8,13-17H2,1-2H3. The minimum Gasteiger partial charge on any atom is -0.494 e. The van der Waals surface area contributed by atoms with Crippen molar-refractivity contribution in [2.45, 2.75) is 83.3 Å². The lowest BCUT2D eigenvalue weighted by atomic mass is 9.78. The average molecular weight is 379 g/mol. The molecule has 1 aromatic carbocycles. The van der Waals surface area contributed by atoms with Gasteiger partial charge in [-0.05, 0) is 56.7 Å². The van der Waals surface area contributed by atoms with Gasteiger partial charge in [0.05, 0.1) is 18.8 Å². The van der Waals surface area contributed by atoms with Crippen LogP contribution < -0.4 is 4.74 Å². The predicted molar refractivity (Wildman–Crippen MR) is 105 cm³/mol. The summed E-state index contributed by atoms with van der Waals surface area (Å²) in [5, 5.41) is 11.0. The lowest BCUT2D eigenvalue weighted by molar-refractivity contribution is -0.0531. The molecule has 0 unspecified atom stereocenters. The highest BCUT2D eigenvalue weighted by atomic mass is 16.7. The monoisotopic (exact) mass is 378 g/mol. The van der Waals surface area contributed by atoms with Crippen molar-refractivity contribution >= 4 is 6.16 Å². The highest BCUT2D eigenvalue weighted by molar-refractivity contribution is 5.60. The van der Waals surface area contributed by atoms with Crippen LogP contribution in [0.2, 0.25) is 0 Å². The van der Waals surface area contributed by atoms with Crippen molar-refractivity contribution in [2.24, 2.45) is 0 Å². The molecule has 0 saturated heterocycles. The predicted octanol–water partition coefficient (Wildman–Crippen LogP) is 5.34. The number of unbranched alkanes of at least 4 members (excludes halogenated alkanes) is 4. The summed E-state index contributed by atoms with van der Waals surface area (Å²) in [5.74, 6) is 0.845. The molecule has 2 rings (SSSR count). The molecule has 5 heteroatoms. The lowest BCUT2D eigenvalue weighted by Gasteiger charge is -2.36. The molecule has 27 heavy (non-hydrogen) atoms. The molecule has 0 spiro atoms. The molecule has 0 heterocycles. The summed E-state index contributed by atoms with van der Waals surface area (Å²) in [7, 11) is 0. The summed E-state index contributed by atoms with van der Waals surface area (Å²) in [6.07, 6.45) is 7.68. The van der Waals surface area contributed by atoms with E-state index in [1.807, 2.05) is 24.3 Å². The Kier molecular flexibility index (Phi) is 8.92. The van der Waals surface area contributed by atoms with E-state index in [0.717, 1.165) is 24.3 Å². The molecule has 152 valence electrons. The van der Waals surface area contributed by atoms with Gasteiger partial charge in [-0.25, -0.2) is 4.79 Å². The van der Waals surface area contributed by atoms with Crippen LogP contribution in [-0.2, 0) is 15.1 Å². The zero-order valence-electron chi connectivity index (χ0n) is 16.7. The first-order valence-electron chi connectivity index (χ1n) is 10.4. The Morgan fingerprint density at radius 2 is 1.74 bits per heavy atom. The van der Waals surface area contributed by atoms with Crippen molar-refractivity contribution < 1.29 is 24.1 Å². The van der Waals surface area contributed by atoms with Gasteiger partial charge in [0.25, 0.3) is 0 Å². The second-order valence-corrected chi connectivity index (χ2v) is 7.32. The Hall–Kier alpha value is -1.75. The van der Waals surface area contributed by atoms with Crippen LogP contribution in [0.3, 0.4) is 0 Å². The van der Waals surface area contributed by atoms with Crippen molar-refractivity contribution in [2.75, 3.05) is 13.2 Å². The molecular formula is C22H34O5. The highest BCUT2D eigenvalue weighted by Gasteiger charge is 2.36. The van der Waals surface area contributed by atoms with E-state index >= 15 is 0 Å². The van der Waals surface area contributed by atoms with E-state index < -0.39 is 11.8 Å². The summed E-state index contributed by atoms with van der Waals surface area (Å²) in [4.78, 5) is 11.4. The molecule has 0 radical (unpaired) electrons. The quantitative estimate of drug-likeness (QED) is 0.440. The van der Waals surface area contributed by atoms with Crippen LogP contribution in [0.1, 0.15) is 77.2 Å². The molecular weight excluding hydrogens is 344 g/mol. The van der Waals surface area contributed by atoms with E-state index in [1.165, 1.54) is 25.7 Å². The molecule has 1 saturated carbocycles. The highest BCUT2D eigenvalue weighted by Crippen LogP contribution is 2.38. The van der Waals surface area contributed by atoms with Gasteiger partial charge in [0.1, 0.15) is 11.9 Å². The number of carbonyl (C=O) groups is 1. The first kappa shape index (κ1) is 21.5. The molecule has 0 bridgehead atoms. The normalized spacial score (nSPS) is 22.3. The number of benzene rings is 1. The fourth-order valence-electron chi connectivity index (χ4n) is 3.52.